The van der Waals surface area contributed by atoms with Crippen molar-refractivity contribution in [1.82, 2.24) is 14.9 Å². The van der Waals surface area contributed by atoms with E-state index in [1.165, 1.54) is 4.88 Å². The summed E-state index contributed by atoms with van der Waals surface area (Å²) in [4.78, 5) is 18.5. The van der Waals surface area contributed by atoms with E-state index in [1.54, 1.807) is 36.9 Å². The molecule has 3 aromatic heterocycles. The van der Waals surface area contributed by atoms with E-state index in [4.69, 9.17) is 19.4 Å². The number of fused-ring (bicyclic) bond motifs is 2. The molecular weight excluding hydrogens is 499 g/mol. The van der Waals surface area contributed by atoms with Crippen LogP contribution in [-0.2, 0) is 6.42 Å². The summed E-state index contributed by atoms with van der Waals surface area (Å²) in [5, 5.41) is 4.18. The molecule has 5 aromatic rings. The minimum Gasteiger partial charge on any atom is -0.497 e. The van der Waals surface area contributed by atoms with Gasteiger partial charge < -0.3 is 19.3 Å². The summed E-state index contributed by atoms with van der Waals surface area (Å²) in [5.41, 5.74) is 2.00. The Balaban J connectivity index is 1.30. The molecule has 6 rings (SSSR count). The van der Waals surface area contributed by atoms with Gasteiger partial charge in [-0.2, -0.15) is 0 Å². The van der Waals surface area contributed by atoms with Gasteiger partial charge in [0.15, 0.2) is 10.3 Å². The molecule has 1 aliphatic heterocycles. The predicted molar refractivity (Wildman–Crippen MR) is 147 cm³/mol. The molecule has 35 heavy (non-hydrogen) atoms. The molecule has 0 saturated carbocycles. The number of hydrogen-bond donors (Lipinski definition) is 0. The molecule has 10 heteroatoms. The molecule has 1 aliphatic rings. The van der Waals surface area contributed by atoms with Gasteiger partial charge in [0.2, 0.25) is 0 Å². The molecule has 0 amide bonds. The fraction of sp³-hybridized carbons (Fsp3) is 0.280. The minimum absolute atomic E-state index is 0.739. The van der Waals surface area contributed by atoms with E-state index in [-0.39, 0.29) is 0 Å². The lowest BCUT2D eigenvalue weighted by molar-refractivity contribution is 0.245. The number of aromatic nitrogens is 2. The Bertz CT molecular complexity index is 1360. The van der Waals surface area contributed by atoms with E-state index in [9.17, 15) is 0 Å². The van der Waals surface area contributed by atoms with Crippen molar-refractivity contribution in [1.29, 1.82) is 0 Å². The summed E-state index contributed by atoms with van der Waals surface area (Å²) in [6.07, 6.45) is 1.04. The first-order chi connectivity index (χ1) is 17.2. The SMILES string of the molecule is COc1ccc2nc(N3CN(CCc4cccs4)CN(c4nc5ccc(OC)cc5s4)C3)sc2c1. The smallest absolute Gasteiger partial charge is 0.188 e. The highest BCUT2D eigenvalue weighted by atomic mass is 32.1. The Hall–Kier alpha value is -2.92. The van der Waals surface area contributed by atoms with Gasteiger partial charge in [0.1, 0.15) is 11.5 Å². The lowest BCUT2D eigenvalue weighted by Gasteiger charge is -2.42. The topological polar surface area (TPSA) is 54.0 Å². The fourth-order valence-corrected chi connectivity index (χ4v) is 6.90. The summed E-state index contributed by atoms with van der Waals surface area (Å²) in [5.74, 6) is 1.71. The number of rotatable bonds is 7. The van der Waals surface area contributed by atoms with Gasteiger partial charge in [-0.15, -0.1) is 11.3 Å². The Morgan fingerprint density at radius 3 is 1.91 bits per heavy atom. The Morgan fingerprint density at radius 2 is 1.40 bits per heavy atom. The number of benzene rings is 2. The lowest BCUT2D eigenvalue weighted by Crippen LogP contribution is -2.55. The predicted octanol–water partition coefficient (Wildman–Crippen LogP) is 5.73. The summed E-state index contributed by atoms with van der Waals surface area (Å²) < 4.78 is 13.1. The summed E-state index contributed by atoms with van der Waals surface area (Å²) in [6, 6.07) is 16.5. The first-order valence-electron chi connectivity index (χ1n) is 11.3. The second kappa shape index (κ2) is 9.62. The van der Waals surface area contributed by atoms with Gasteiger partial charge in [0.05, 0.1) is 54.7 Å². The van der Waals surface area contributed by atoms with E-state index in [0.717, 1.165) is 75.2 Å². The third kappa shape index (κ3) is 4.66. The Morgan fingerprint density at radius 1 is 0.800 bits per heavy atom. The van der Waals surface area contributed by atoms with Crippen LogP contribution in [0.4, 0.5) is 10.3 Å². The van der Waals surface area contributed by atoms with Crippen LogP contribution in [0.3, 0.4) is 0 Å². The zero-order valence-corrected chi connectivity index (χ0v) is 22.0. The van der Waals surface area contributed by atoms with Crippen LogP contribution in [0.15, 0.2) is 53.9 Å². The highest BCUT2D eigenvalue weighted by Crippen LogP contribution is 2.35. The molecule has 1 saturated heterocycles. The molecule has 1 fully saturated rings. The molecule has 180 valence electrons. The monoisotopic (exact) mass is 523 g/mol. The Kier molecular flexibility index (Phi) is 6.19. The molecule has 7 nitrogen and oxygen atoms in total. The average molecular weight is 524 g/mol. The third-order valence-electron chi connectivity index (χ3n) is 6.05. The number of nitrogens with zero attached hydrogens (tertiary/aromatic N) is 5. The van der Waals surface area contributed by atoms with Crippen molar-refractivity contribution >= 4 is 64.7 Å². The van der Waals surface area contributed by atoms with E-state index < -0.39 is 0 Å². The minimum atomic E-state index is 0.739. The second-order valence-corrected chi connectivity index (χ2v) is 11.4. The van der Waals surface area contributed by atoms with Crippen molar-refractivity contribution in [3.05, 3.63) is 58.8 Å². The standard InChI is InChI=1S/C25H25N5O2S3/c1-31-17-5-7-20-22(12-17)34-24(26-20)29-14-28(10-9-19-4-3-11-33-19)15-30(16-29)25-27-21-8-6-18(32-2)13-23(21)35-25/h3-8,11-13H,9-10,14-16H2,1-2H3. The average Bonchev–Trinajstić information content (AvgIpc) is 3.65. The van der Waals surface area contributed by atoms with Gasteiger partial charge in [-0.25, -0.2) is 9.97 Å². The van der Waals surface area contributed by atoms with Crippen molar-refractivity contribution in [3.8, 4) is 11.5 Å². The number of methoxy groups -OCH3 is 2. The third-order valence-corrected chi connectivity index (χ3v) is 9.14. The zero-order valence-electron chi connectivity index (χ0n) is 19.5. The molecule has 2 aromatic carbocycles. The van der Waals surface area contributed by atoms with E-state index in [1.807, 2.05) is 35.6 Å². The van der Waals surface area contributed by atoms with Gasteiger partial charge >= 0.3 is 0 Å². The van der Waals surface area contributed by atoms with Crippen molar-refractivity contribution < 1.29 is 9.47 Å². The van der Waals surface area contributed by atoms with Gasteiger partial charge in [0.25, 0.3) is 0 Å². The molecule has 0 atom stereocenters. The molecule has 0 spiro atoms. The largest absolute Gasteiger partial charge is 0.497 e. The van der Waals surface area contributed by atoms with Crippen LogP contribution in [0.25, 0.3) is 20.4 Å². The van der Waals surface area contributed by atoms with Crippen LogP contribution in [0.1, 0.15) is 4.88 Å². The van der Waals surface area contributed by atoms with Gasteiger partial charge in [-0.05, 0) is 54.3 Å². The number of ether oxygens (including phenoxy) is 2. The molecule has 0 N–H and O–H groups in total. The van der Waals surface area contributed by atoms with E-state index in [2.05, 4.69) is 44.3 Å². The first kappa shape index (κ1) is 22.5. The van der Waals surface area contributed by atoms with E-state index in [0.29, 0.717) is 0 Å². The van der Waals surface area contributed by atoms with Crippen LogP contribution in [0.2, 0.25) is 0 Å². The van der Waals surface area contributed by atoms with Gasteiger partial charge in [-0.1, -0.05) is 28.7 Å². The highest BCUT2D eigenvalue weighted by Gasteiger charge is 2.27. The number of anilines is 2. The van der Waals surface area contributed by atoms with Crippen molar-refractivity contribution in [2.45, 2.75) is 6.42 Å². The summed E-state index contributed by atoms with van der Waals surface area (Å²) >= 11 is 5.24. The lowest BCUT2D eigenvalue weighted by atomic mass is 10.3. The zero-order chi connectivity index (χ0) is 23.8. The first-order valence-corrected chi connectivity index (χ1v) is 13.8. The van der Waals surface area contributed by atoms with Crippen LogP contribution < -0.4 is 19.3 Å². The normalized spacial score (nSPS) is 14.8. The highest BCUT2D eigenvalue weighted by molar-refractivity contribution is 7.22. The van der Waals surface area contributed by atoms with Crippen LogP contribution >= 0.6 is 34.0 Å². The molecule has 4 heterocycles. The quantitative estimate of drug-likeness (QED) is 0.270. The summed E-state index contributed by atoms with van der Waals surface area (Å²) in [6.45, 7) is 3.38. The van der Waals surface area contributed by atoms with Gasteiger partial charge in [0, 0.05) is 11.4 Å². The van der Waals surface area contributed by atoms with E-state index >= 15 is 0 Å². The number of hydrogen-bond acceptors (Lipinski definition) is 10. The van der Waals surface area contributed by atoms with Crippen molar-refractivity contribution in [2.24, 2.45) is 0 Å². The fourth-order valence-electron chi connectivity index (χ4n) is 4.24. The maximum atomic E-state index is 5.42. The van der Waals surface area contributed by atoms with Crippen LogP contribution in [-0.4, -0.2) is 55.6 Å². The van der Waals surface area contributed by atoms with Gasteiger partial charge in [-0.3, -0.25) is 4.90 Å². The second-order valence-electron chi connectivity index (χ2n) is 8.39. The maximum Gasteiger partial charge on any atom is 0.188 e. The van der Waals surface area contributed by atoms with Crippen LogP contribution in [0.5, 0.6) is 11.5 Å². The molecule has 0 unspecified atom stereocenters. The van der Waals surface area contributed by atoms with Crippen LogP contribution in [0, 0.1) is 0 Å². The number of thiophene rings is 1. The Labute approximate surface area is 215 Å². The molecule has 0 radical (unpaired) electrons. The van der Waals surface area contributed by atoms with Crippen molar-refractivity contribution in [2.75, 3.05) is 50.6 Å². The summed E-state index contributed by atoms with van der Waals surface area (Å²) in [7, 11) is 3.40. The van der Waals surface area contributed by atoms with Crippen molar-refractivity contribution in [3.63, 3.8) is 0 Å². The molecule has 0 aliphatic carbocycles. The molecular formula is C25H25N5O2S3. The number of thiazole rings is 2. The molecule has 0 bridgehead atoms. The maximum absolute atomic E-state index is 5.42.